The van der Waals surface area contributed by atoms with Crippen molar-refractivity contribution in [3.05, 3.63) is 24.3 Å². The fraction of sp³-hybridized carbons (Fsp3) is 0.533. The Labute approximate surface area is 109 Å². The average molecular weight is 244 g/mol. The van der Waals surface area contributed by atoms with Gasteiger partial charge in [0.15, 0.2) is 0 Å². The molecule has 3 heteroatoms. The van der Waals surface area contributed by atoms with Gasteiger partial charge in [0, 0.05) is 0 Å². The summed E-state index contributed by atoms with van der Waals surface area (Å²) in [6.07, 6.45) is 4.72. The molecule has 1 saturated carbocycles. The second-order valence-electron chi connectivity index (χ2n) is 5.27. The lowest BCUT2D eigenvalue weighted by Crippen LogP contribution is -2.37. The molecule has 1 fully saturated rings. The van der Waals surface area contributed by atoms with Crippen LogP contribution < -0.4 is 10.1 Å². The minimum Gasteiger partial charge on any atom is -0.495 e. The lowest BCUT2D eigenvalue weighted by Gasteiger charge is -2.34. The highest BCUT2D eigenvalue weighted by atomic mass is 16.5. The lowest BCUT2D eigenvalue weighted by atomic mass is 9.77. The summed E-state index contributed by atoms with van der Waals surface area (Å²) in [5.41, 5.74) is 0.378. The number of ether oxygens (including phenoxy) is 1. The van der Waals surface area contributed by atoms with Crippen LogP contribution in [0.4, 0.5) is 5.69 Å². The van der Waals surface area contributed by atoms with Crippen LogP contribution in [0, 0.1) is 17.2 Å². The molecule has 1 aliphatic rings. The highest BCUT2D eigenvalue weighted by molar-refractivity contribution is 5.58. The van der Waals surface area contributed by atoms with Gasteiger partial charge in [-0.1, -0.05) is 31.4 Å². The molecule has 0 amide bonds. The summed E-state index contributed by atoms with van der Waals surface area (Å²) in [6.45, 7) is 1.97. The summed E-state index contributed by atoms with van der Waals surface area (Å²) in [6, 6.07) is 10.2. The Kier molecular flexibility index (Phi) is 3.76. The highest BCUT2D eigenvalue weighted by Crippen LogP contribution is 2.36. The molecule has 0 heterocycles. The van der Waals surface area contributed by atoms with Crippen LogP contribution in [-0.4, -0.2) is 12.6 Å². The van der Waals surface area contributed by atoms with Gasteiger partial charge in [-0.25, -0.2) is 0 Å². The molecule has 3 nitrogen and oxygen atoms in total. The fourth-order valence-electron chi connectivity index (χ4n) is 2.44. The maximum absolute atomic E-state index is 9.43. The normalized spacial score (nSPS) is 18.3. The molecule has 0 aromatic heterocycles. The quantitative estimate of drug-likeness (QED) is 0.861. The molecule has 1 unspecified atom stereocenters. The van der Waals surface area contributed by atoms with E-state index in [2.05, 4.69) is 11.4 Å². The van der Waals surface area contributed by atoms with E-state index in [9.17, 15) is 5.26 Å². The van der Waals surface area contributed by atoms with E-state index in [1.807, 2.05) is 31.2 Å². The predicted octanol–water partition coefficient (Wildman–Crippen LogP) is 3.58. The number of nitriles is 1. The second kappa shape index (κ2) is 5.30. The molecule has 1 aromatic carbocycles. The van der Waals surface area contributed by atoms with E-state index >= 15 is 0 Å². The van der Waals surface area contributed by atoms with Crippen LogP contribution >= 0.6 is 0 Å². The maximum atomic E-state index is 9.43. The van der Waals surface area contributed by atoms with Gasteiger partial charge < -0.3 is 10.1 Å². The summed E-state index contributed by atoms with van der Waals surface area (Å²) in [5, 5.41) is 12.8. The lowest BCUT2D eigenvalue weighted by molar-refractivity contribution is 0.267. The number of anilines is 1. The van der Waals surface area contributed by atoms with E-state index in [0.717, 1.165) is 17.9 Å². The van der Waals surface area contributed by atoms with Crippen molar-refractivity contribution in [3.8, 4) is 11.8 Å². The Balaban J connectivity index is 2.11. The van der Waals surface area contributed by atoms with Crippen LogP contribution in [0.5, 0.6) is 5.75 Å². The van der Waals surface area contributed by atoms with Crippen molar-refractivity contribution in [2.75, 3.05) is 12.4 Å². The first-order valence-electron chi connectivity index (χ1n) is 6.49. The van der Waals surface area contributed by atoms with E-state index < -0.39 is 5.54 Å². The number of para-hydroxylation sites is 2. The third kappa shape index (κ3) is 2.76. The topological polar surface area (TPSA) is 45.0 Å². The van der Waals surface area contributed by atoms with Crippen LogP contribution in [0.1, 0.15) is 32.6 Å². The van der Waals surface area contributed by atoms with Gasteiger partial charge in [0.05, 0.1) is 18.9 Å². The minimum atomic E-state index is -0.514. The van der Waals surface area contributed by atoms with Gasteiger partial charge in [-0.3, -0.25) is 0 Å². The number of hydrogen-bond acceptors (Lipinski definition) is 3. The number of nitrogens with one attached hydrogen (secondary N) is 1. The van der Waals surface area contributed by atoms with E-state index in [1.54, 1.807) is 7.11 Å². The van der Waals surface area contributed by atoms with Crippen molar-refractivity contribution in [2.24, 2.45) is 5.92 Å². The zero-order valence-electron chi connectivity index (χ0n) is 11.1. The Morgan fingerprint density at radius 2 is 2.17 bits per heavy atom. The number of methoxy groups -OCH3 is 1. The molecule has 18 heavy (non-hydrogen) atoms. The van der Waals surface area contributed by atoms with Gasteiger partial charge >= 0.3 is 0 Å². The summed E-state index contributed by atoms with van der Waals surface area (Å²) in [5.74, 6) is 1.48. The molecule has 1 aliphatic carbocycles. The van der Waals surface area contributed by atoms with Gasteiger partial charge in [-0.15, -0.1) is 0 Å². The molecule has 2 rings (SSSR count). The third-order valence-corrected chi connectivity index (χ3v) is 3.69. The van der Waals surface area contributed by atoms with E-state index in [-0.39, 0.29) is 0 Å². The van der Waals surface area contributed by atoms with Gasteiger partial charge in [0.1, 0.15) is 11.3 Å². The smallest absolute Gasteiger partial charge is 0.141 e. The van der Waals surface area contributed by atoms with Crippen LogP contribution in [0.3, 0.4) is 0 Å². The van der Waals surface area contributed by atoms with Crippen molar-refractivity contribution in [1.82, 2.24) is 0 Å². The summed E-state index contributed by atoms with van der Waals surface area (Å²) in [4.78, 5) is 0. The fourth-order valence-corrected chi connectivity index (χ4v) is 2.44. The predicted molar refractivity (Wildman–Crippen MR) is 72.6 cm³/mol. The van der Waals surface area contributed by atoms with E-state index in [0.29, 0.717) is 5.92 Å². The van der Waals surface area contributed by atoms with Crippen LogP contribution in [-0.2, 0) is 0 Å². The largest absolute Gasteiger partial charge is 0.495 e. The minimum absolute atomic E-state index is 0.514. The number of benzene rings is 1. The zero-order valence-corrected chi connectivity index (χ0v) is 11.1. The van der Waals surface area contributed by atoms with Crippen molar-refractivity contribution in [1.29, 1.82) is 5.26 Å². The Bertz CT molecular complexity index is 448. The maximum Gasteiger partial charge on any atom is 0.141 e. The summed E-state index contributed by atoms with van der Waals surface area (Å²) >= 11 is 0. The Morgan fingerprint density at radius 3 is 2.72 bits per heavy atom. The highest BCUT2D eigenvalue weighted by Gasteiger charge is 2.31. The average Bonchev–Trinajstić information content (AvgIpc) is 2.35. The van der Waals surface area contributed by atoms with Gasteiger partial charge in [0.2, 0.25) is 0 Å². The monoisotopic (exact) mass is 244 g/mol. The van der Waals surface area contributed by atoms with Gasteiger partial charge in [-0.2, -0.15) is 5.26 Å². The molecule has 0 spiro atoms. The van der Waals surface area contributed by atoms with Gasteiger partial charge in [0.25, 0.3) is 0 Å². The summed E-state index contributed by atoms with van der Waals surface area (Å²) in [7, 11) is 1.65. The molecule has 1 aromatic rings. The standard InChI is InChI=1S/C15H20N2O/c1-15(11-16,10-12-6-5-7-12)17-13-8-3-4-9-14(13)18-2/h3-4,8-9,12,17H,5-7,10H2,1-2H3. The Morgan fingerprint density at radius 1 is 1.44 bits per heavy atom. The van der Waals surface area contributed by atoms with E-state index in [1.165, 1.54) is 19.3 Å². The van der Waals surface area contributed by atoms with Gasteiger partial charge in [-0.05, 0) is 31.4 Å². The molecule has 0 radical (unpaired) electrons. The molecule has 0 saturated heterocycles. The van der Waals surface area contributed by atoms with Crippen LogP contribution in [0.15, 0.2) is 24.3 Å². The van der Waals surface area contributed by atoms with Crippen LogP contribution in [0.2, 0.25) is 0 Å². The first-order valence-corrected chi connectivity index (χ1v) is 6.49. The number of hydrogen-bond donors (Lipinski definition) is 1. The van der Waals surface area contributed by atoms with Crippen molar-refractivity contribution >= 4 is 5.69 Å². The molecule has 1 atom stereocenters. The van der Waals surface area contributed by atoms with Crippen molar-refractivity contribution < 1.29 is 4.74 Å². The Hall–Kier alpha value is -1.69. The number of nitrogens with zero attached hydrogens (tertiary/aromatic N) is 1. The summed E-state index contributed by atoms with van der Waals surface area (Å²) < 4.78 is 5.31. The van der Waals surface area contributed by atoms with Crippen molar-refractivity contribution in [3.63, 3.8) is 0 Å². The molecule has 0 aliphatic heterocycles. The van der Waals surface area contributed by atoms with E-state index in [4.69, 9.17) is 4.74 Å². The third-order valence-electron chi connectivity index (χ3n) is 3.69. The zero-order chi connectivity index (χ0) is 13.0. The molecule has 1 N–H and O–H groups in total. The molecule has 0 bridgehead atoms. The van der Waals surface area contributed by atoms with Crippen molar-refractivity contribution in [2.45, 2.75) is 38.1 Å². The second-order valence-corrected chi connectivity index (χ2v) is 5.27. The first kappa shape index (κ1) is 12.8. The molecule has 96 valence electrons. The van der Waals surface area contributed by atoms with Crippen LogP contribution in [0.25, 0.3) is 0 Å². The number of rotatable bonds is 5. The molecular formula is C15H20N2O. The molecular weight excluding hydrogens is 224 g/mol. The first-order chi connectivity index (χ1) is 8.67. The SMILES string of the molecule is COc1ccccc1NC(C)(C#N)CC1CCC1.